The molecule has 2 nitrogen and oxygen atoms in total. The number of benzene rings is 8. The summed E-state index contributed by atoms with van der Waals surface area (Å²) >= 11 is 0. The van der Waals surface area contributed by atoms with Gasteiger partial charge in [0.25, 0.3) is 0 Å². The van der Waals surface area contributed by atoms with Crippen molar-refractivity contribution in [1.82, 2.24) is 0 Å². The normalized spacial score (nSPS) is 12.7. The van der Waals surface area contributed by atoms with Crippen molar-refractivity contribution in [2.24, 2.45) is 0 Å². The van der Waals surface area contributed by atoms with E-state index in [1.54, 1.807) is 0 Å². The monoisotopic (exact) mass is 705 g/mol. The van der Waals surface area contributed by atoms with Crippen molar-refractivity contribution in [2.45, 2.75) is 19.3 Å². The summed E-state index contributed by atoms with van der Waals surface area (Å²) in [5, 5.41) is 1.20. The highest BCUT2D eigenvalue weighted by Crippen LogP contribution is 2.55. The van der Waals surface area contributed by atoms with Crippen LogP contribution in [0.25, 0.3) is 66.8 Å². The number of hydrogen-bond donors (Lipinski definition) is 0. The predicted molar refractivity (Wildman–Crippen MR) is 230 cm³/mol. The molecule has 1 aliphatic rings. The zero-order valence-electron chi connectivity index (χ0n) is 30.9. The summed E-state index contributed by atoms with van der Waals surface area (Å²) in [5.74, 6) is 1.01. The minimum absolute atomic E-state index is 0.142. The van der Waals surface area contributed by atoms with E-state index in [2.05, 4.69) is 219 Å². The third kappa shape index (κ3) is 5.66. The molecule has 0 unspecified atom stereocenters. The van der Waals surface area contributed by atoms with Gasteiger partial charge in [0.2, 0.25) is 0 Å². The first kappa shape index (κ1) is 32.7. The van der Waals surface area contributed by atoms with Gasteiger partial charge in [0.15, 0.2) is 0 Å². The number of hydrogen-bond acceptors (Lipinski definition) is 2. The van der Waals surface area contributed by atoms with Crippen LogP contribution >= 0.6 is 0 Å². The number of fused-ring (bicyclic) bond motifs is 5. The third-order valence-corrected chi connectivity index (χ3v) is 11.3. The molecule has 55 heavy (non-hydrogen) atoms. The Morgan fingerprint density at radius 1 is 0.382 bits per heavy atom. The first-order valence-corrected chi connectivity index (χ1v) is 19.0. The quantitative estimate of drug-likeness (QED) is 0.164. The van der Waals surface area contributed by atoms with E-state index in [4.69, 9.17) is 4.42 Å². The maximum absolute atomic E-state index is 6.57. The van der Waals surface area contributed by atoms with E-state index in [1.807, 2.05) is 0 Å². The summed E-state index contributed by atoms with van der Waals surface area (Å²) in [6.45, 7) is 4.63. The van der Waals surface area contributed by atoms with Crippen LogP contribution in [0.5, 0.6) is 0 Å². The molecule has 0 amide bonds. The van der Waals surface area contributed by atoms with Crippen molar-refractivity contribution >= 4 is 28.0 Å². The second-order valence-corrected chi connectivity index (χ2v) is 14.9. The van der Waals surface area contributed by atoms with Crippen LogP contribution in [-0.2, 0) is 5.41 Å². The Balaban J connectivity index is 0.978. The minimum atomic E-state index is -0.142. The molecule has 0 atom stereocenters. The Labute approximate surface area is 322 Å². The molecule has 0 radical (unpaired) electrons. The van der Waals surface area contributed by atoms with Gasteiger partial charge >= 0.3 is 0 Å². The van der Waals surface area contributed by atoms with Crippen molar-refractivity contribution in [3.8, 4) is 55.8 Å². The lowest BCUT2D eigenvalue weighted by Crippen LogP contribution is -2.14. The van der Waals surface area contributed by atoms with Crippen LogP contribution in [0.2, 0.25) is 0 Å². The van der Waals surface area contributed by atoms with Gasteiger partial charge in [-0.25, -0.2) is 0 Å². The van der Waals surface area contributed by atoms with E-state index in [9.17, 15) is 0 Å². The van der Waals surface area contributed by atoms with Crippen molar-refractivity contribution in [1.29, 1.82) is 0 Å². The van der Waals surface area contributed by atoms with Crippen molar-refractivity contribution < 1.29 is 4.42 Å². The Kier molecular flexibility index (Phi) is 7.85. The van der Waals surface area contributed by atoms with Gasteiger partial charge in [-0.05, 0) is 92.5 Å². The van der Waals surface area contributed by atoms with Crippen LogP contribution in [0.1, 0.15) is 25.0 Å². The van der Waals surface area contributed by atoms with Crippen LogP contribution in [-0.4, -0.2) is 0 Å². The average Bonchev–Trinajstić information content (AvgIpc) is 3.75. The van der Waals surface area contributed by atoms with Gasteiger partial charge in [-0.2, -0.15) is 0 Å². The molecule has 8 aromatic carbocycles. The molecule has 0 fully saturated rings. The molecule has 0 spiro atoms. The molecule has 0 aliphatic heterocycles. The fraction of sp³-hybridized carbons (Fsp3) is 0.0566. The van der Waals surface area contributed by atoms with E-state index in [-0.39, 0.29) is 5.41 Å². The number of furan rings is 1. The van der Waals surface area contributed by atoms with E-state index < -0.39 is 0 Å². The second kappa shape index (κ2) is 13.2. The molecule has 0 saturated heterocycles. The van der Waals surface area contributed by atoms with Gasteiger partial charge in [-0.1, -0.05) is 172 Å². The molecule has 0 bridgehead atoms. The first-order valence-electron chi connectivity index (χ1n) is 19.0. The Hall–Kier alpha value is -6.90. The fourth-order valence-electron chi connectivity index (χ4n) is 8.49. The molecule has 1 aromatic heterocycles. The summed E-state index contributed by atoms with van der Waals surface area (Å²) in [6.07, 6.45) is 0. The zero-order valence-corrected chi connectivity index (χ0v) is 30.9. The van der Waals surface area contributed by atoms with Gasteiger partial charge < -0.3 is 9.32 Å². The van der Waals surface area contributed by atoms with Gasteiger partial charge in [0.05, 0.1) is 0 Å². The smallest absolute Gasteiger partial charge is 0.140 e. The minimum Gasteiger partial charge on any atom is -0.456 e. The third-order valence-electron chi connectivity index (χ3n) is 11.3. The maximum Gasteiger partial charge on any atom is 0.140 e. The van der Waals surface area contributed by atoms with Gasteiger partial charge in [0.1, 0.15) is 11.3 Å². The topological polar surface area (TPSA) is 16.4 Å². The number of nitrogens with zero attached hydrogens (tertiary/aromatic N) is 1. The molecule has 2 heteroatoms. The fourth-order valence-corrected chi connectivity index (χ4v) is 8.49. The highest BCUT2D eigenvalue weighted by atomic mass is 16.3. The Morgan fingerprint density at radius 2 is 0.800 bits per heavy atom. The van der Waals surface area contributed by atoms with E-state index in [0.29, 0.717) is 0 Å². The SMILES string of the molecule is CC1(C)c2cccc(-c3ccc(-c4ccc(N(c5ccc(-c6ccccc6)cc5)c5ccc(-c6ccccc6)cc5)cc4)cc3)c2-c2oc3ccccc3c21. The molecule has 0 N–H and O–H groups in total. The largest absolute Gasteiger partial charge is 0.456 e. The summed E-state index contributed by atoms with van der Waals surface area (Å²) in [5.41, 5.74) is 17.5. The van der Waals surface area contributed by atoms with Crippen LogP contribution in [0.4, 0.5) is 17.1 Å². The van der Waals surface area contributed by atoms with E-state index in [0.717, 1.165) is 28.4 Å². The predicted octanol–water partition coefficient (Wildman–Crippen LogP) is 14.9. The van der Waals surface area contributed by atoms with Crippen LogP contribution < -0.4 is 4.90 Å². The molecule has 10 rings (SSSR count). The van der Waals surface area contributed by atoms with E-state index >= 15 is 0 Å². The van der Waals surface area contributed by atoms with Crippen molar-refractivity contribution in [3.63, 3.8) is 0 Å². The van der Waals surface area contributed by atoms with Crippen LogP contribution in [0.3, 0.4) is 0 Å². The molecule has 262 valence electrons. The Morgan fingerprint density at radius 3 is 1.31 bits per heavy atom. The Bertz CT molecular complexity index is 2690. The lowest BCUT2D eigenvalue weighted by Gasteiger charge is -2.26. The highest BCUT2D eigenvalue weighted by Gasteiger charge is 2.41. The molecule has 1 heterocycles. The van der Waals surface area contributed by atoms with Gasteiger partial charge in [0, 0.05) is 39.0 Å². The summed E-state index contributed by atoms with van der Waals surface area (Å²) in [4.78, 5) is 2.33. The average molecular weight is 706 g/mol. The standard InChI is InChI=1S/C53H39NO/c1-53(2)48-18-11-17-46(50(48)52-51(53)47-16-9-10-19-49(47)55-52)42-22-20-38(21-23-42)41-28-34-45(35-29-41)54(43-30-24-39(25-31-43)36-12-5-3-6-13-36)44-32-26-40(27-33-44)37-14-7-4-8-15-37/h3-35H,1-2H3. The molecule has 1 aliphatic carbocycles. The molecule has 9 aromatic rings. The van der Waals surface area contributed by atoms with Gasteiger partial charge in [-0.15, -0.1) is 0 Å². The second-order valence-electron chi connectivity index (χ2n) is 14.9. The van der Waals surface area contributed by atoms with Crippen LogP contribution in [0.15, 0.2) is 205 Å². The lowest BCUT2D eigenvalue weighted by molar-refractivity contribution is 0.619. The summed E-state index contributed by atoms with van der Waals surface area (Å²) in [7, 11) is 0. The molecule has 0 saturated carbocycles. The van der Waals surface area contributed by atoms with Crippen LogP contribution in [0, 0.1) is 0 Å². The zero-order chi connectivity index (χ0) is 36.9. The molecular weight excluding hydrogens is 667 g/mol. The highest BCUT2D eigenvalue weighted by molar-refractivity contribution is 5.99. The lowest BCUT2D eigenvalue weighted by atomic mass is 9.81. The molecular formula is C53H39NO. The number of para-hydroxylation sites is 1. The number of rotatable bonds is 7. The number of anilines is 3. The van der Waals surface area contributed by atoms with Gasteiger partial charge in [-0.3, -0.25) is 0 Å². The summed E-state index contributed by atoms with van der Waals surface area (Å²) < 4.78 is 6.57. The maximum atomic E-state index is 6.57. The first-order chi connectivity index (χ1) is 27.0. The van der Waals surface area contributed by atoms with Crippen molar-refractivity contribution in [3.05, 3.63) is 211 Å². The summed E-state index contributed by atoms with van der Waals surface area (Å²) in [6, 6.07) is 71.8. The van der Waals surface area contributed by atoms with Crippen molar-refractivity contribution in [2.75, 3.05) is 4.90 Å². The van der Waals surface area contributed by atoms with E-state index in [1.165, 1.54) is 66.6 Å².